The highest BCUT2D eigenvalue weighted by Gasteiger charge is 2.48. The van der Waals surface area contributed by atoms with Crippen LogP contribution in [-0.4, -0.2) is 29.9 Å². The molecule has 1 unspecified atom stereocenters. The third kappa shape index (κ3) is 3.59. The van der Waals surface area contributed by atoms with Crippen molar-refractivity contribution in [2.45, 2.75) is 37.6 Å². The van der Waals surface area contributed by atoms with Gasteiger partial charge in [0.05, 0.1) is 19.1 Å². The molecule has 0 N–H and O–H groups in total. The first-order valence-corrected chi connectivity index (χ1v) is 9.00. The van der Waals surface area contributed by atoms with Crippen molar-refractivity contribution in [2.75, 3.05) is 18.2 Å². The average Bonchev–Trinajstić information content (AvgIpc) is 2.97. The van der Waals surface area contributed by atoms with Gasteiger partial charge in [-0.05, 0) is 37.0 Å². The van der Waals surface area contributed by atoms with Gasteiger partial charge in [0.1, 0.15) is 11.9 Å². The fourth-order valence-corrected chi connectivity index (χ4v) is 4.01. The van der Waals surface area contributed by atoms with E-state index in [0.29, 0.717) is 37.1 Å². The summed E-state index contributed by atoms with van der Waals surface area (Å²) < 4.78 is 83.4. The van der Waals surface area contributed by atoms with Gasteiger partial charge in [0.15, 0.2) is 11.6 Å². The number of alkyl halides is 5. The van der Waals surface area contributed by atoms with Crippen LogP contribution < -0.4 is 9.64 Å². The van der Waals surface area contributed by atoms with E-state index in [9.17, 15) is 22.0 Å². The predicted molar refractivity (Wildman–Crippen MR) is 93.0 cm³/mol. The molecule has 1 fully saturated rings. The zero-order chi connectivity index (χ0) is 21.7. The van der Waals surface area contributed by atoms with E-state index >= 15 is 0 Å². The van der Waals surface area contributed by atoms with Crippen LogP contribution >= 0.6 is 11.6 Å². The molecule has 2 aromatic heterocycles. The second kappa shape index (κ2) is 7.24. The zero-order valence-corrected chi connectivity index (χ0v) is 15.5. The summed E-state index contributed by atoms with van der Waals surface area (Å²) in [5.74, 6) is -1.11. The number of anilines is 1. The fraction of sp³-hybridized carbons (Fsp3) is 0.444. The number of hydrogen-bond donors (Lipinski definition) is 0. The minimum absolute atomic E-state index is 0.00823. The highest BCUT2D eigenvalue weighted by Crippen LogP contribution is 2.48. The van der Waals surface area contributed by atoms with E-state index in [2.05, 4.69) is 14.7 Å². The Labute approximate surface area is 168 Å². The quantitative estimate of drug-likeness (QED) is 0.512. The molecule has 0 amide bonds. The third-order valence-electron chi connectivity index (χ3n) is 5.06. The van der Waals surface area contributed by atoms with Crippen molar-refractivity contribution in [3.63, 3.8) is 0 Å². The molecule has 1 spiro atoms. The van der Waals surface area contributed by atoms with E-state index in [1.54, 1.807) is 6.07 Å². The maximum Gasteiger partial charge on any atom is 0.418 e. The van der Waals surface area contributed by atoms with Gasteiger partial charge in [-0.15, -0.1) is 0 Å². The molecule has 11 heteroatoms. The number of ether oxygens (including phenoxy) is 2. The van der Waals surface area contributed by atoms with Crippen molar-refractivity contribution in [2.24, 2.45) is 0 Å². The lowest BCUT2D eigenvalue weighted by molar-refractivity contribution is -0.138. The highest BCUT2D eigenvalue weighted by molar-refractivity contribution is 6.29. The Morgan fingerprint density at radius 2 is 2.07 bits per heavy atom. The molecule has 0 saturated carbocycles. The molecule has 0 radical (unpaired) electrons. The Morgan fingerprint density at radius 1 is 1.28 bits per heavy atom. The molecular formula is C18H15ClF5N3O2. The maximum absolute atomic E-state index is 13.1. The fourth-order valence-electron chi connectivity index (χ4n) is 3.83. The van der Waals surface area contributed by atoms with Gasteiger partial charge in [-0.25, -0.2) is 9.97 Å². The van der Waals surface area contributed by atoms with E-state index in [1.807, 2.05) is 0 Å². The molecule has 5 nitrogen and oxygen atoms in total. The molecule has 0 aromatic carbocycles. The number of fused-ring (bicyclic) bond motifs is 2. The largest absolute Gasteiger partial charge is 0.431 e. The SMILES string of the molecule is [2H][C@@H]1OCC2(CCCc3cc(Cl)ncc32)N1c1ncc(C(F)(F)F)cc1OC(F)F. The maximum atomic E-state index is 13.1. The number of aromatic nitrogens is 2. The summed E-state index contributed by atoms with van der Waals surface area (Å²) in [7, 11) is 0. The van der Waals surface area contributed by atoms with Gasteiger partial charge in [0.25, 0.3) is 0 Å². The number of aryl methyl sites for hydroxylation is 1. The molecule has 3 heterocycles. The average molecular weight is 437 g/mol. The van der Waals surface area contributed by atoms with Gasteiger partial charge in [0.2, 0.25) is 0 Å². The Bertz CT molecular complexity index is 964. The highest BCUT2D eigenvalue weighted by atomic mass is 35.5. The first kappa shape index (κ1) is 18.8. The van der Waals surface area contributed by atoms with Gasteiger partial charge in [0, 0.05) is 18.0 Å². The number of hydrogen-bond acceptors (Lipinski definition) is 5. The summed E-state index contributed by atoms with van der Waals surface area (Å²) in [6.07, 6.45) is -0.972. The van der Waals surface area contributed by atoms with Crippen molar-refractivity contribution in [3.8, 4) is 5.75 Å². The van der Waals surface area contributed by atoms with Crippen LogP contribution in [0.2, 0.25) is 5.15 Å². The van der Waals surface area contributed by atoms with Crippen molar-refractivity contribution in [1.82, 2.24) is 9.97 Å². The number of rotatable bonds is 3. The second-order valence-electron chi connectivity index (χ2n) is 6.76. The standard InChI is InChI=1S/C18H15ClF5N3O2/c19-14-4-10-2-1-3-17(12(10)7-25-14)8-28-9-27(17)15-13(29-16(20)21)5-11(6-26-15)18(22,23)24/h4-7,16H,1-3,8-9H2/i9D/t9-,17?/m0/s1. The molecular weight excluding hydrogens is 421 g/mol. The van der Waals surface area contributed by atoms with E-state index in [1.165, 1.54) is 11.1 Å². The van der Waals surface area contributed by atoms with Crippen LogP contribution in [0.3, 0.4) is 0 Å². The lowest BCUT2D eigenvalue weighted by Gasteiger charge is -2.42. The van der Waals surface area contributed by atoms with Crippen LogP contribution in [0.5, 0.6) is 5.75 Å². The molecule has 2 atom stereocenters. The van der Waals surface area contributed by atoms with E-state index in [4.69, 9.17) is 17.7 Å². The molecule has 2 aliphatic rings. The molecule has 1 aliphatic heterocycles. The zero-order valence-electron chi connectivity index (χ0n) is 15.7. The second-order valence-corrected chi connectivity index (χ2v) is 7.14. The normalized spacial score (nSPS) is 24.7. The monoisotopic (exact) mass is 436 g/mol. The summed E-state index contributed by atoms with van der Waals surface area (Å²) in [5, 5.41) is 0.271. The summed E-state index contributed by atoms with van der Waals surface area (Å²) in [6, 6.07) is 2.13. The minimum atomic E-state index is -4.80. The van der Waals surface area contributed by atoms with Crippen LogP contribution in [0.4, 0.5) is 27.8 Å². The minimum Gasteiger partial charge on any atom is -0.431 e. The van der Waals surface area contributed by atoms with Crippen LogP contribution in [0.25, 0.3) is 0 Å². The molecule has 1 saturated heterocycles. The summed E-state index contributed by atoms with van der Waals surface area (Å²) >= 11 is 5.98. The van der Waals surface area contributed by atoms with E-state index < -0.39 is 36.3 Å². The Hall–Kier alpha value is -2.20. The third-order valence-corrected chi connectivity index (χ3v) is 5.27. The van der Waals surface area contributed by atoms with Crippen LogP contribution in [0.15, 0.2) is 24.5 Å². The summed E-state index contributed by atoms with van der Waals surface area (Å²) in [4.78, 5) is 9.13. The van der Waals surface area contributed by atoms with Crippen LogP contribution in [-0.2, 0) is 22.9 Å². The Morgan fingerprint density at radius 3 is 2.79 bits per heavy atom. The van der Waals surface area contributed by atoms with E-state index in [-0.39, 0.29) is 17.6 Å². The first-order valence-electron chi connectivity index (χ1n) is 9.20. The van der Waals surface area contributed by atoms with Crippen molar-refractivity contribution >= 4 is 17.4 Å². The summed E-state index contributed by atoms with van der Waals surface area (Å²) in [6.45, 7) is -4.76. The van der Waals surface area contributed by atoms with Gasteiger partial charge in [-0.1, -0.05) is 11.6 Å². The van der Waals surface area contributed by atoms with Crippen molar-refractivity contribution in [3.05, 3.63) is 46.4 Å². The number of nitrogens with zero attached hydrogens (tertiary/aromatic N) is 3. The first-order chi connectivity index (χ1) is 14.1. The molecule has 2 aromatic rings. The number of pyridine rings is 2. The molecule has 0 bridgehead atoms. The van der Waals surface area contributed by atoms with Gasteiger partial charge < -0.3 is 14.4 Å². The summed E-state index contributed by atoms with van der Waals surface area (Å²) in [5.41, 5.74) is -0.759. The Balaban J connectivity index is 1.87. The molecule has 29 heavy (non-hydrogen) atoms. The van der Waals surface area contributed by atoms with Crippen molar-refractivity contribution in [1.29, 1.82) is 0 Å². The molecule has 1 aliphatic carbocycles. The van der Waals surface area contributed by atoms with Crippen LogP contribution in [0, 0.1) is 0 Å². The van der Waals surface area contributed by atoms with Crippen LogP contribution in [0.1, 0.15) is 30.9 Å². The smallest absolute Gasteiger partial charge is 0.418 e. The molecule has 156 valence electrons. The van der Waals surface area contributed by atoms with Crippen molar-refractivity contribution < 1.29 is 32.8 Å². The van der Waals surface area contributed by atoms with Gasteiger partial charge in [-0.2, -0.15) is 22.0 Å². The number of halogens is 6. The topological polar surface area (TPSA) is 47.5 Å². The van der Waals surface area contributed by atoms with E-state index in [0.717, 1.165) is 5.56 Å². The lowest BCUT2D eigenvalue weighted by Crippen LogP contribution is -2.46. The predicted octanol–water partition coefficient (Wildman–Crippen LogP) is 4.78. The Kier molecular flexibility index (Phi) is 4.70. The molecule has 4 rings (SSSR count). The van der Waals surface area contributed by atoms with Gasteiger partial charge >= 0.3 is 12.8 Å². The lowest BCUT2D eigenvalue weighted by atomic mass is 9.77. The van der Waals surface area contributed by atoms with Gasteiger partial charge in [-0.3, -0.25) is 0 Å².